The summed E-state index contributed by atoms with van der Waals surface area (Å²) in [5.41, 5.74) is 0.732. The fourth-order valence-electron chi connectivity index (χ4n) is 2.79. The van der Waals surface area contributed by atoms with Crippen LogP contribution in [-0.4, -0.2) is 59.9 Å². The van der Waals surface area contributed by atoms with Gasteiger partial charge < -0.3 is 10.2 Å². The van der Waals surface area contributed by atoms with Gasteiger partial charge >= 0.3 is 0 Å². The van der Waals surface area contributed by atoms with Gasteiger partial charge in [-0.15, -0.1) is 0 Å². The fraction of sp³-hybridized carbons (Fsp3) is 0.529. The van der Waals surface area contributed by atoms with Gasteiger partial charge in [0, 0.05) is 37.8 Å². The highest BCUT2D eigenvalue weighted by Crippen LogP contribution is 2.19. The standard InChI is InChI=1S/C17H23N3O2/c1-13(16(21)18-15-7-8-15)19-9-11-20(12-10-19)17(22)14-5-3-2-4-6-14/h2-6,13,15H,7-12H2,1H3,(H,18,21)/t13-/m0/s1. The highest BCUT2D eigenvalue weighted by molar-refractivity contribution is 5.94. The summed E-state index contributed by atoms with van der Waals surface area (Å²) in [5, 5.41) is 3.05. The van der Waals surface area contributed by atoms with Crippen LogP contribution in [0.1, 0.15) is 30.1 Å². The normalized spacial score (nSPS) is 20.5. The van der Waals surface area contributed by atoms with Crippen LogP contribution in [0.25, 0.3) is 0 Å². The molecule has 0 bridgehead atoms. The minimum absolute atomic E-state index is 0.0790. The lowest BCUT2D eigenvalue weighted by Crippen LogP contribution is -2.55. The Bertz CT molecular complexity index is 534. The van der Waals surface area contributed by atoms with Gasteiger partial charge in [-0.2, -0.15) is 0 Å². The summed E-state index contributed by atoms with van der Waals surface area (Å²) >= 11 is 0. The first-order valence-electron chi connectivity index (χ1n) is 8.04. The van der Waals surface area contributed by atoms with Crippen molar-refractivity contribution in [2.45, 2.75) is 31.8 Å². The van der Waals surface area contributed by atoms with Gasteiger partial charge in [0.1, 0.15) is 0 Å². The van der Waals surface area contributed by atoms with Crippen molar-refractivity contribution in [1.29, 1.82) is 0 Å². The number of amides is 2. The Morgan fingerprint density at radius 2 is 1.73 bits per heavy atom. The molecule has 0 radical (unpaired) electrons. The maximum atomic E-state index is 12.4. The Hall–Kier alpha value is -1.88. The first kappa shape index (κ1) is 15.0. The summed E-state index contributed by atoms with van der Waals surface area (Å²) < 4.78 is 0. The van der Waals surface area contributed by atoms with Gasteiger partial charge in [-0.25, -0.2) is 0 Å². The molecule has 1 heterocycles. The summed E-state index contributed by atoms with van der Waals surface area (Å²) in [6, 6.07) is 9.66. The Balaban J connectivity index is 1.51. The largest absolute Gasteiger partial charge is 0.352 e. The fourth-order valence-corrected chi connectivity index (χ4v) is 2.79. The van der Waals surface area contributed by atoms with Crippen molar-refractivity contribution in [1.82, 2.24) is 15.1 Å². The van der Waals surface area contributed by atoms with E-state index in [4.69, 9.17) is 0 Å². The van der Waals surface area contributed by atoms with E-state index in [2.05, 4.69) is 10.2 Å². The summed E-state index contributed by atoms with van der Waals surface area (Å²) in [6.45, 7) is 4.80. The van der Waals surface area contributed by atoms with E-state index in [1.165, 1.54) is 0 Å². The molecule has 0 aromatic heterocycles. The SMILES string of the molecule is C[C@@H](C(=O)NC1CC1)N1CCN(C(=O)c2ccccc2)CC1. The van der Waals surface area contributed by atoms with E-state index in [0.29, 0.717) is 19.1 Å². The number of piperazine rings is 1. The van der Waals surface area contributed by atoms with Crippen LogP contribution >= 0.6 is 0 Å². The number of nitrogens with zero attached hydrogens (tertiary/aromatic N) is 2. The molecule has 0 spiro atoms. The zero-order chi connectivity index (χ0) is 15.5. The van der Waals surface area contributed by atoms with Crippen LogP contribution in [0, 0.1) is 0 Å². The average molecular weight is 301 g/mol. The van der Waals surface area contributed by atoms with Gasteiger partial charge in [0.15, 0.2) is 0 Å². The first-order valence-corrected chi connectivity index (χ1v) is 8.04. The van der Waals surface area contributed by atoms with Crippen molar-refractivity contribution in [2.75, 3.05) is 26.2 Å². The first-order chi connectivity index (χ1) is 10.6. The van der Waals surface area contributed by atoms with Crippen molar-refractivity contribution in [2.24, 2.45) is 0 Å². The van der Waals surface area contributed by atoms with Gasteiger partial charge in [-0.3, -0.25) is 14.5 Å². The molecule has 2 aliphatic rings. The highest BCUT2D eigenvalue weighted by Gasteiger charge is 2.30. The van der Waals surface area contributed by atoms with E-state index in [-0.39, 0.29) is 17.9 Å². The summed E-state index contributed by atoms with van der Waals surface area (Å²) in [5.74, 6) is 0.195. The maximum Gasteiger partial charge on any atom is 0.253 e. The van der Waals surface area contributed by atoms with Gasteiger partial charge in [-0.05, 0) is 31.9 Å². The summed E-state index contributed by atoms with van der Waals surface area (Å²) in [7, 11) is 0. The zero-order valence-electron chi connectivity index (χ0n) is 13.0. The molecule has 1 aliphatic heterocycles. The van der Waals surface area contributed by atoms with Crippen LogP contribution in [0.3, 0.4) is 0 Å². The lowest BCUT2D eigenvalue weighted by atomic mass is 10.1. The van der Waals surface area contributed by atoms with Crippen molar-refractivity contribution in [3.8, 4) is 0 Å². The molecule has 2 fully saturated rings. The van der Waals surface area contributed by atoms with E-state index in [9.17, 15) is 9.59 Å². The van der Waals surface area contributed by atoms with Crippen LogP contribution < -0.4 is 5.32 Å². The minimum atomic E-state index is -0.116. The van der Waals surface area contributed by atoms with Crippen LogP contribution in [0.4, 0.5) is 0 Å². The van der Waals surface area contributed by atoms with Gasteiger partial charge in [0.05, 0.1) is 6.04 Å². The Morgan fingerprint density at radius 3 is 2.32 bits per heavy atom. The molecule has 118 valence electrons. The van der Waals surface area contributed by atoms with E-state index in [0.717, 1.165) is 31.5 Å². The second kappa shape index (κ2) is 6.48. The third kappa shape index (κ3) is 3.47. The van der Waals surface area contributed by atoms with E-state index in [1.54, 1.807) is 0 Å². The third-order valence-corrected chi connectivity index (χ3v) is 4.47. The van der Waals surface area contributed by atoms with Crippen LogP contribution in [0.15, 0.2) is 30.3 Å². The Kier molecular flexibility index (Phi) is 4.43. The molecule has 5 nitrogen and oxygen atoms in total. The molecular weight excluding hydrogens is 278 g/mol. The predicted octanol–water partition coefficient (Wildman–Crippen LogP) is 1.11. The summed E-state index contributed by atoms with van der Waals surface area (Å²) in [4.78, 5) is 28.5. The number of nitrogens with one attached hydrogen (secondary N) is 1. The molecule has 2 amide bonds. The van der Waals surface area contributed by atoms with Gasteiger partial charge in [-0.1, -0.05) is 18.2 Å². The molecule has 1 aromatic carbocycles. The quantitative estimate of drug-likeness (QED) is 0.906. The Labute approximate surface area is 131 Å². The van der Waals surface area contributed by atoms with Gasteiger partial charge in [0.2, 0.25) is 5.91 Å². The second-order valence-electron chi connectivity index (χ2n) is 6.15. The monoisotopic (exact) mass is 301 g/mol. The second-order valence-corrected chi connectivity index (χ2v) is 6.15. The molecule has 22 heavy (non-hydrogen) atoms. The van der Waals surface area contributed by atoms with Crippen LogP contribution in [-0.2, 0) is 4.79 Å². The molecule has 1 N–H and O–H groups in total. The van der Waals surface area contributed by atoms with Crippen LogP contribution in [0.2, 0.25) is 0 Å². The van der Waals surface area contributed by atoms with Gasteiger partial charge in [0.25, 0.3) is 5.91 Å². The molecular formula is C17H23N3O2. The number of hydrogen-bond donors (Lipinski definition) is 1. The number of hydrogen-bond acceptors (Lipinski definition) is 3. The molecule has 1 saturated heterocycles. The zero-order valence-corrected chi connectivity index (χ0v) is 13.0. The molecule has 1 atom stereocenters. The molecule has 0 unspecified atom stereocenters. The maximum absolute atomic E-state index is 12.4. The molecule has 1 aromatic rings. The summed E-state index contributed by atoms with van der Waals surface area (Å²) in [6.07, 6.45) is 2.22. The van der Waals surface area contributed by atoms with E-state index in [1.807, 2.05) is 42.2 Å². The van der Waals surface area contributed by atoms with Crippen molar-refractivity contribution in [3.05, 3.63) is 35.9 Å². The number of carbonyl (C=O) groups excluding carboxylic acids is 2. The Morgan fingerprint density at radius 1 is 1.09 bits per heavy atom. The minimum Gasteiger partial charge on any atom is -0.352 e. The van der Waals surface area contributed by atoms with E-state index >= 15 is 0 Å². The van der Waals surface area contributed by atoms with Crippen LogP contribution in [0.5, 0.6) is 0 Å². The topological polar surface area (TPSA) is 52.7 Å². The number of benzene rings is 1. The third-order valence-electron chi connectivity index (χ3n) is 4.47. The highest BCUT2D eigenvalue weighted by atomic mass is 16.2. The molecule has 3 rings (SSSR count). The number of rotatable bonds is 4. The van der Waals surface area contributed by atoms with Crippen molar-refractivity contribution >= 4 is 11.8 Å². The molecule has 5 heteroatoms. The smallest absolute Gasteiger partial charge is 0.253 e. The molecule has 1 aliphatic carbocycles. The van der Waals surface area contributed by atoms with Crippen molar-refractivity contribution in [3.63, 3.8) is 0 Å². The van der Waals surface area contributed by atoms with E-state index < -0.39 is 0 Å². The predicted molar refractivity (Wildman–Crippen MR) is 84.5 cm³/mol. The number of carbonyl (C=O) groups is 2. The average Bonchev–Trinajstić information content (AvgIpc) is 3.38. The lowest BCUT2D eigenvalue weighted by molar-refractivity contribution is -0.126. The lowest BCUT2D eigenvalue weighted by Gasteiger charge is -2.37. The van der Waals surface area contributed by atoms with Crippen molar-refractivity contribution < 1.29 is 9.59 Å². The molecule has 1 saturated carbocycles.